The van der Waals surface area contributed by atoms with Gasteiger partial charge in [-0.05, 0) is 39.0 Å². The third kappa shape index (κ3) is 3.92. The van der Waals surface area contributed by atoms with Gasteiger partial charge >= 0.3 is 0 Å². The molecule has 2 atom stereocenters. The molecule has 4 heteroatoms. The van der Waals surface area contributed by atoms with E-state index in [1.807, 2.05) is 0 Å². The lowest BCUT2D eigenvalue weighted by Gasteiger charge is -2.38. The van der Waals surface area contributed by atoms with Gasteiger partial charge in [-0.3, -0.25) is 4.90 Å². The molecule has 0 aromatic rings. The Hall–Kier alpha value is -0.160. The van der Waals surface area contributed by atoms with Gasteiger partial charge in [0, 0.05) is 32.3 Å². The number of rotatable bonds is 4. The second-order valence-corrected chi connectivity index (χ2v) is 5.86. The molecule has 0 aromatic carbocycles. The van der Waals surface area contributed by atoms with E-state index in [9.17, 15) is 5.11 Å². The van der Waals surface area contributed by atoms with Crippen LogP contribution >= 0.6 is 0 Å². The second kappa shape index (κ2) is 6.85. The number of hydrogen-bond donors (Lipinski definition) is 1. The summed E-state index contributed by atoms with van der Waals surface area (Å²) in [6.45, 7) is 8.69. The molecule has 2 saturated heterocycles. The smallest absolute Gasteiger partial charge is 0.0961 e. The topological polar surface area (TPSA) is 41.9 Å². The molecule has 1 N–H and O–H groups in total. The SMILES string of the molecule is CC(C)N1CCOC(C(O)CC2CCOCC2)C1. The molecule has 106 valence electrons. The molecule has 0 bridgehead atoms. The van der Waals surface area contributed by atoms with Gasteiger partial charge in [-0.15, -0.1) is 0 Å². The van der Waals surface area contributed by atoms with Gasteiger partial charge in [-0.25, -0.2) is 0 Å². The Morgan fingerprint density at radius 2 is 1.94 bits per heavy atom. The normalized spacial score (nSPS) is 29.7. The average Bonchev–Trinajstić information content (AvgIpc) is 2.40. The molecule has 0 saturated carbocycles. The van der Waals surface area contributed by atoms with E-state index in [1.165, 1.54) is 0 Å². The van der Waals surface area contributed by atoms with E-state index >= 15 is 0 Å². The molecule has 2 heterocycles. The largest absolute Gasteiger partial charge is 0.390 e. The number of aliphatic hydroxyl groups is 1. The molecule has 0 aliphatic carbocycles. The summed E-state index contributed by atoms with van der Waals surface area (Å²) < 4.78 is 11.1. The molecule has 18 heavy (non-hydrogen) atoms. The van der Waals surface area contributed by atoms with Crippen molar-refractivity contribution in [3.63, 3.8) is 0 Å². The molecule has 2 aliphatic heterocycles. The summed E-state index contributed by atoms with van der Waals surface area (Å²) in [6.07, 6.45) is 2.69. The van der Waals surface area contributed by atoms with Crippen LogP contribution in [0.15, 0.2) is 0 Å². The number of hydrogen-bond acceptors (Lipinski definition) is 4. The zero-order valence-corrected chi connectivity index (χ0v) is 11.7. The van der Waals surface area contributed by atoms with E-state index in [0.29, 0.717) is 12.0 Å². The molecule has 2 unspecified atom stereocenters. The third-order valence-electron chi connectivity index (χ3n) is 4.20. The van der Waals surface area contributed by atoms with E-state index in [2.05, 4.69) is 18.7 Å². The van der Waals surface area contributed by atoms with Crippen LogP contribution in [-0.4, -0.2) is 61.2 Å². The van der Waals surface area contributed by atoms with Crippen molar-refractivity contribution >= 4 is 0 Å². The Labute approximate surface area is 110 Å². The van der Waals surface area contributed by atoms with Crippen LogP contribution in [0.2, 0.25) is 0 Å². The summed E-state index contributed by atoms with van der Waals surface area (Å²) in [6, 6.07) is 0.534. The van der Waals surface area contributed by atoms with E-state index in [0.717, 1.165) is 52.2 Å². The van der Waals surface area contributed by atoms with Crippen molar-refractivity contribution in [2.75, 3.05) is 32.9 Å². The van der Waals surface area contributed by atoms with E-state index in [1.54, 1.807) is 0 Å². The van der Waals surface area contributed by atoms with Gasteiger partial charge in [0.05, 0.1) is 18.8 Å². The van der Waals surface area contributed by atoms with Crippen molar-refractivity contribution in [1.82, 2.24) is 4.90 Å². The average molecular weight is 257 g/mol. The third-order valence-corrected chi connectivity index (χ3v) is 4.20. The van der Waals surface area contributed by atoms with Crippen molar-refractivity contribution < 1.29 is 14.6 Å². The highest BCUT2D eigenvalue weighted by Gasteiger charge is 2.30. The van der Waals surface area contributed by atoms with Crippen molar-refractivity contribution in [3.8, 4) is 0 Å². The number of nitrogens with zero attached hydrogens (tertiary/aromatic N) is 1. The highest BCUT2D eigenvalue weighted by Crippen LogP contribution is 2.23. The molecule has 2 fully saturated rings. The fraction of sp³-hybridized carbons (Fsp3) is 1.00. The molecule has 0 aromatic heterocycles. The molecule has 2 rings (SSSR count). The van der Waals surface area contributed by atoms with Gasteiger partial charge in [0.1, 0.15) is 0 Å². The summed E-state index contributed by atoms with van der Waals surface area (Å²) in [5.41, 5.74) is 0. The van der Waals surface area contributed by atoms with E-state index in [-0.39, 0.29) is 12.2 Å². The molecular weight excluding hydrogens is 230 g/mol. The second-order valence-electron chi connectivity index (χ2n) is 5.86. The number of aliphatic hydroxyl groups excluding tert-OH is 1. The van der Waals surface area contributed by atoms with Gasteiger partial charge in [-0.1, -0.05) is 0 Å². The molecule has 0 amide bonds. The fourth-order valence-electron chi connectivity index (χ4n) is 2.87. The summed E-state index contributed by atoms with van der Waals surface area (Å²) >= 11 is 0. The van der Waals surface area contributed by atoms with Gasteiger partial charge in [-0.2, -0.15) is 0 Å². The maximum absolute atomic E-state index is 10.3. The van der Waals surface area contributed by atoms with Gasteiger partial charge in [0.2, 0.25) is 0 Å². The lowest BCUT2D eigenvalue weighted by Crippen LogP contribution is -2.50. The predicted octanol–water partition coefficient (Wildman–Crippen LogP) is 1.27. The summed E-state index contributed by atoms with van der Waals surface area (Å²) in [4.78, 5) is 2.39. The lowest BCUT2D eigenvalue weighted by atomic mass is 9.91. The number of ether oxygens (including phenoxy) is 2. The van der Waals surface area contributed by atoms with Crippen LogP contribution in [0.4, 0.5) is 0 Å². The Balaban J connectivity index is 1.78. The first-order valence-electron chi connectivity index (χ1n) is 7.28. The minimum atomic E-state index is -0.324. The highest BCUT2D eigenvalue weighted by molar-refractivity contribution is 4.81. The Morgan fingerprint density at radius 3 is 2.61 bits per heavy atom. The van der Waals surface area contributed by atoms with Crippen molar-refractivity contribution in [1.29, 1.82) is 0 Å². The maximum atomic E-state index is 10.3. The van der Waals surface area contributed by atoms with Crippen LogP contribution in [0.25, 0.3) is 0 Å². The summed E-state index contributed by atoms with van der Waals surface area (Å²) in [7, 11) is 0. The Kier molecular flexibility index (Phi) is 5.42. The first-order valence-corrected chi connectivity index (χ1v) is 7.28. The first-order chi connectivity index (χ1) is 8.66. The fourth-order valence-corrected chi connectivity index (χ4v) is 2.87. The maximum Gasteiger partial charge on any atom is 0.0961 e. The van der Waals surface area contributed by atoms with Gasteiger partial charge in [0.25, 0.3) is 0 Å². The van der Waals surface area contributed by atoms with Crippen LogP contribution in [0.3, 0.4) is 0 Å². The van der Waals surface area contributed by atoms with Gasteiger partial charge in [0.15, 0.2) is 0 Å². The Bertz CT molecular complexity index is 241. The van der Waals surface area contributed by atoms with Crippen LogP contribution in [0.5, 0.6) is 0 Å². The predicted molar refractivity (Wildman–Crippen MR) is 70.6 cm³/mol. The first kappa shape index (κ1) is 14.3. The van der Waals surface area contributed by atoms with Crippen LogP contribution in [-0.2, 0) is 9.47 Å². The molecule has 0 radical (unpaired) electrons. The zero-order chi connectivity index (χ0) is 13.0. The van der Waals surface area contributed by atoms with Crippen LogP contribution < -0.4 is 0 Å². The number of morpholine rings is 1. The highest BCUT2D eigenvalue weighted by atomic mass is 16.5. The standard InChI is InChI=1S/C14H27NO3/c1-11(2)15-5-8-18-14(10-15)13(16)9-12-3-6-17-7-4-12/h11-14,16H,3-10H2,1-2H3. The monoisotopic (exact) mass is 257 g/mol. The molecular formula is C14H27NO3. The molecule has 2 aliphatic rings. The summed E-state index contributed by atoms with van der Waals surface area (Å²) in [5.74, 6) is 0.603. The summed E-state index contributed by atoms with van der Waals surface area (Å²) in [5, 5.41) is 10.3. The minimum absolute atomic E-state index is 0.0102. The van der Waals surface area contributed by atoms with Crippen LogP contribution in [0, 0.1) is 5.92 Å². The van der Waals surface area contributed by atoms with E-state index < -0.39 is 0 Å². The van der Waals surface area contributed by atoms with E-state index in [4.69, 9.17) is 9.47 Å². The minimum Gasteiger partial charge on any atom is -0.390 e. The zero-order valence-electron chi connectivity index (χ0n) is 11.7. The van der Waals surface area contributed by atoms with Crippen molar-refractivity contribution in [2.45, 2.75) is 51.4 Å². The van der Waals surface area contributed by atoms with Crippen molar-refractivity contribution in [2.24, 2.45) is 5.92 Å². The Morgan fingerprint density at radius 1 is 1.22 bits per heavy atom. The lowest BCUT2D eigenvalue weighted by molar-refractivity contribution is -0.103. The molecule has 0 spiro atoms. The van der Waals surface area contributed by atoms with Gasteiger partial charge < -0.3 is 14.6 Å². The van der Waals surface area contributed by atoms with Crippen LogP contribution in [0.1, 0.15) is 33.1 Å². The quantitative estimate of drug-likeness (QED) is 0.823. The molecule has 4 nitrogen and oxygen atoms in total. The van der Waals surface area contributed by atoms with Crippen molar-refractivity contribution in [3.05, 3.63) is 0 Å².